The average Bonchev–Trinajstić information content (AvgIpc) is 2.46. The Morgan fingerprint density at radius 2 is 1.79 bits per heavy atom. The number of benzene rings is 2. The molecule has 100 valence electrons. The highest BCUT2D eigenvalue weighted by Crippen LogP contribution is 2.29. The van der Waals surface area contributed by atoms with Crippen LogP contribution in [0.3, 0.4) is 0 Å². The third-order valence-electron chi connectivity index (χ3n) is 3.29. The molecule has 0 heterocycles. The molecule has 0 aliphatic rings. The number of ether oxygens (including phenoxy) is 1. The number of hydrogen-bond acceptors (Lipinski definition) is 3. The molecule has 1 atom stereocenters. The number of aryl methyl sites for hydroxylation is 1. The largest absolute Gasteiger partial charge is 0.496 e. The first kappa shape index (κ1) is 13.6. The molecular formula is C16H20N2O. The van der Waals surface area contributed by atoms with E-state index in [1.165, 1.54) is 5.56 Å². The predicted molar refractivity (Wildman–Crippen MR) is 78.1 cm³/mol. The van der Waals surface area contributed by atoms with Crippen LogP contribution in [0.2, 0.25) is 0 Å². The van der Waals surface area contributed by atoms with E-state index in [-0.39, 0.29) is 6.04 Å². The zero-order valence-corrected chi connectivity index (χ0v) is 11.4. The summed E-state index contributed by atoms with van der Waals surface area (Å²) in [6.07, 6.45) is 0. The van der Waals surface area contributed by atoms with Gasteiger partial charge in [-0.15, -0.1) is 0 Å². The van der Waals surface area contributed by atoms with Crippen molar-refractivity contribution in [2.24, 2.45) is 11.5 Å². The Hall–Kier alpha value is -1.84. The second kappa shape index (κ2) is 5.87. The lowest BCUT2D eigenvalue weighted by molar-refractivity contribution is 0.407. The Morgan fingerprint density at radius 1 is 1.11 bits per heavy atom. The maximum Gasteiger partial charge on any atom is 0.123 e. The van der Waals surface area contributed by atoms with E-state index < -0.39 is 0 Å². The Kier molecular flexibility index (Phi) is 4.20. The summed E-state index contributed by atoms with van der Waals surface area (Å²) in [5.74, 6) is 0.820. The van der Waals surface area contributed by atoms with E-state index in [2.05, 4.69) is 6.07 Å². The highest BCUT2D eigenvalue weighted by atomic mass is 16.5. The third-order valence-corrected chi connectivity index (χ3v) is 3.29. The summed E-state index contributed by atoms with van der Waals surface area (Å²) in [7, 11) is 1.67. The molecule has 0 saturated carbocycles. The van der Waals surface area contributed by atoms with Crippen molar-refractivity contribution in [1.82, 2.24) is 0 Å². The monoisotopic (exact) mass is 256 g/mol. The van der Waals surface area contributed by atoms with Crippen LogP contribution in [0.15, 0.2) is 42.5 Å². The summed E-state index contributed by atoms with van der Waals surface area (Å²) in [4.78, 5) is 0. The lowest BCUT2D eigenvalue weighted by Gasteiger charge is -2.17. The van der Waals surface area contributed by atoms with Crippen molar-refractivity contribution in [2.75, 3.05) is 7.11 Å². The first-order valence-electron chi connectivity index (χ1n) is 6.34. The van der Waals surface area contributed by atoms with E-state index in [0.717, 1.165) is 22.4 Å². The van der Waals surface area contributed by atoms with Gasteiger partial charge in [-0.3, -0.25) is 0 Å². The normalized spacial score (nSPS) is 12.2. The van der Waals surface area contributed by atoms with Crippen LogP contribution in [0.5, 0.6) is 5.75 Å². The van der Waals surface area contributed by atoms with Crippen LogP contribution in [0, 0.1) is 6.92 Å². The second-order valence-corrected chi connectivity index (χ2v) is 4.67. The quantitative estimate of drug-likeness (QED) is 0.883. The Morgan fingerprint density at radius 3 is 2.37 bits per heavy atom. The van der Waals surface area contributed by atoms with E-state index in [4.69, 9.17) is 16.2 Å². The zero-order chi connectivity index (χ0) is 13.8. The summed E-state index contributed by atoms with van der Waals surface area (Å²) >= 11 is 0. The van der Waals surface area contributed by atoms with Gasteiger partial charge >= 0.3 is 0 Å². The first-order chi connectivity index (χ1) is 9.15. The van der Waals surface area contributed by atoms with Gasteiger partial charge < -0.3 is 16.2 Å². The third kappa shape index (κ3) is 2.95. The van der Waals surface area contributed by atoms with Crippen molar-refractivity contribution in [3.63, 3.8) is 0 Å². The number of nitrogens with two attached hydrogens (primary N) is 2. The minimum Gasteiger partial charge on any atom is -0.496 e. The van der Waals surface area contributed by atoms with Crippen LogP contribution < -0.4 is 16.2 Å². The van der Waals surface area contributed by atoms with Gasteiger partial charge in [-0.25, -0.2) is 0 Å². The van der Waals surface area contributed by atoms with Crippen LogP contribution in [0.1, 0.15) is 28.3 Å². The molecule has 1 unspecified atom stereocenters. The van der Waals surface area contributed by atoms with Gasteiger partial charge in [0.25, 0.3) is 0 Å². The molecule has 3 heteroatoms. The molecule has 0 saturated heterocycles. The van der Waals surface area contributed by atoms with Crippen LogP contribution in [-0.2, 0) is 6.54 Å². The fourth-order valence-corrected chi connectivity index (χ4v) is 2.14. The summed E-state index contributed by atoms with van der Waals surface area (Å²) < 4.78 is 5.39. The molecule has 3 nitrogen and oxygen atoms in total. The van der Waals surface area contributed by atoms with Gasteiger partial charge in [0, 0.05) is 12.1 Å². The van der Waals surface area contributed by atoms with E-state index in [1.807, 2.05) is 43.3 Å². The summed E-state index contributed by atoms with van der Waals surface area (Å²) in [5.41, 5.74) is 16.3. The van der Waals surface area contributed by atoms with Crippen LogP contribution in [0.25, 0.3) is 0 Å². The zero-order valence-electron chi connectivity index (χ0n) is 11.4. The van der Waals surface area contributed by atoms with Crippen molar-refractivity contribution in [2.45, 2.75) is 19.5 Å². The highest BCUT2D eigenvalue weighted by molar-refractivity contribution is 5.43. The molecule has 0 aliphatic heterocycles. The second-order valence-electron chi connectivity index (χ2n) is 4.67. The van der Waals surface area contributed by atoms with Crippen LogP contribution in [0.4, 0.5) is 0 Å². The first-order valence-corrected chi connectivity index (χ1v) is 6.34. The molecule has 0 spiro atoms. The van der Waals surface area contributed by atoms with Crippen molar-refractivity contribution < 1.29 is 4.74 Å². The van der Waals surface area contributed by atoms with Gasteiger partial charge in [-0.1, -0.05) is 42.0 Å². The minimum absolute atomic E-state index is 0.193. The summed E-state index contributed by atoms with van der Waals surface area (Å²) in [6.45, 7) is 2.59. The predicted octanol–water partition coefficient (Wildman–Crippen LogP) is 2.51. The molecule has 2 rings (SSSR count). The van der Waals surface area contributed by atoms with Gasteiger partial charge in [0.2, 0.25) is 0 Å². The molecule has 2 aromatic carbocycles. The molecular weight excluding hydrogens is 236 g/mol. The maximum atomic E-state index is 6.34. The molecule has 19 heavy (non-hydrogen) atoms. The molecule has 4 N–H and O–H groups in total. The Balaban J connectivity index is 2.36. The fourth-order valence-electron chi connectivity index (χ4n) is 2.14. The Bertz CT molecular complexity index is 549. The standard InChI is InChI=1S/C16H20N2O/c1-11-3-8-15(19-2)14(9-11)16(18)13-6-4-12(10-17)5-7-13/h3-9,16H,10,17-18H2,1-2H3. The van der Waals surface area contributed by atoms with Crippen LogP contribution >= 0.6 is 0 Å². The topological polar surface area (TPSA) is 61.3 Å². The SMILES string of the molecule is COc1ccc(C)cc1C(N)c1ccc(CN)cc1. The summed E-state index contributed by atoms with van der Waals surface area (Å²) in [5, 5.41) is 0. The van der Waals surface area contributed by atoms with Crippen LogP contribution in [-0.4, -0.2) is 7.11 Å². The lowest BCUT2D eigenvalue weighted by Crippen LogP contribution is -2.13. The summed E-state index contributed by atoms with van der Waals surface area (Å²) in [6, 6.07) is 13.9. The number of methoxy groups -OCH3 is 1. The Labute approximate surface area is 114 Å². The van der Waals surface area contributed by atoms with Gasteiger partial charge in [-0.05, 0) is 24.1 Å². The van der Waals surface area contributed by atoms with Crippen molar-refractivity contribution >= 4 is 0 Å². The molecule has 0 fully saturated rings. The lowest BCUT2D eigenvalue weighted by atomic mass is 9.96. The number of rotatable bonds is 4. The van der Waals surface area contributed by atoms with Gasteiger partial charge in [-0.2, -0.15) is 0 Å². The molecule has 2 aromatic rings. The van der Waals surface area contributed by atoms with Gasteiger partial charge in [0.1, 0.15) is 5.75 Å². The van der Waals surface area contributed by atoms with Crippen molar-refractivity contribution in [3.05, 3.63) is 64.7 Å². The molecule has 0 bridgehead atoms. The molecule has 0 aromatic heterocycles. The van der Waals surface area contributed by atoms with Gasteiger partial charge in [0.15, 0.2) is 0 Å². The number of hydrogen-bond donors (Lipinski definition) is 2. The highest BCUT2D eigenvalue weighted by Gasteiger charge is 2.14. The van der Waals surface area contributed by atoms with E-state index in [9.17, 15) is 0 Å². The van der Waals surface area contributed by atoms with E-state index >= 15 is 0 Å². The maximum absolute atomic E-state index is 6.34. The van der Waals surface area contributed by atoms with Crippen molar-refractivity contribution in [3.8, 4) is 5.75 Å². The molecule has 0 aliphatic carbocycles. The minimum atomic E-state index is -0.193. The van der Waals surface area contributed by atoms with Crippen molar-refractivity contribution in [1.29, 1.82) is 0 Å². The van der Waals surface area contributed by atoms with E-state index in [0.29, 0.717) is 6.54 Å². The molecule has 0 amide bonds. The average molecular weight is 256 g/mol. The van der Waals surface area contributed by atoms with E-state index in [1.54, 1.807) is 7.11 Å². The fraction of sp³-hybridized carbons (Fsp3) is 0.250. The smallest absolute Gasteiger partial charge is 0.123 e. The molecule has 0 radical (unpaired) electrons. The van der Waals surface area contributed by atoms with Gasteiger partial charge in [0.05, 0.1) is 13.2 Å².